The number of ether oxygens (including phenoxy) is 1. The molecule has 0 saturated heterocycles. The molecule has 0 saturated carbocycles. The van der Waals surface area contributed by atoms with E-state index in [4.69, 9.17) is 14.8 Å². The first-order valence-corrected chi connectivity index (χ1v) is 19.7. The highest BCUT2D eigenvalue weighted by molar-refractivity contribution is 6.09. The second kappa shape index (κ2) is 14.4. The molecule has 1 unspecified atom stereocenters. The van der Waals surface area contributed by atoms with Gasteiger partial charge in [-0.1, -0.05) is 102 Å². The molecule has 0 bridgehead atoms. The summed E-state index contributed by atoms with van der Waals surface area (Å²) in [5.41, 5.74) is 11.9. The molecule has 54 heavy (non-hydrogen) atoms. The van der Waals surface area contributed by atoms with Gasteiger partial charge in [0.25, 0.3) is 0 Å². The van der Waals surface area contributed by atoms with Gasteiger partial charge in [-0.2, -0.15) is 5.10 Å². The van der Waals surface area contributed by atoms with Crippen molar-refractivity contribution in [2.45, 2.75) is 80.1 Å². The molecular formula is C49H52N4O. The molecule has 3 aromatic heterocycles. The van der Waals surface area contributed by atoms with Crippen LogP contribution in [0, 0.1) is 24.7 Å². The van der Waals surface area contributed by atoms with Crippen LogP contribution in [-0.2, 0) is 6.42 Å². The van der Waals surface area contributed by atoms with E-state index in [9.17, 15) is 0 Å². The van der Waals surface area contributed by atoms with Crippen LogP contribution in [0.5, 0.6) is 11.5 Å². The molecule has 3 heterocycles. The molecule has 0 N–H and O–H groups in total. The van der Waals surface area contributed by atoms with Gasteiger partial charge in [-0.3, -0.25) is 4.57 Å². The maximum absolute atomic E-state index is 6.86. The van der Waals surface area contributed by atoms with Crippen LogP contribution in [0.25, 0.3) is 44.6 Å². The molecule has 7 aromatic rings. The summed E-state index contributed by atoms with van der Waals surface area (Å²) in [6, 6.07) is 36.8. The van der Waals surface area contributed by atoms with Crippen LogP contribution in [0.1, 0.15) is 89.1 Å². The van der Waals surface area contributed by atoms with E-state index < -0.39 is 0 Å². The number of pyridine rings is 1. The molecule has 1 aliphatic rings. The van der Waals surface area contributed by atoms with E-state index >= 15 is 0 Å². The Balaban J connectivity index is 1.26. The minimum atomic E-state index is 0.294. The van der Waals surface area contributed by atoms with Gasteiger partial charge in [-0.25, -0.2) is 9.67 Å². The second-order valence-corrected chi connectivity index (χ2v) is 16.4. The molecule has 0 amide bonds. The predicted molar refractivity (Wildman–Crippen MR) is 224 cm³/mol. The Bertz CT molecular complexity index is 2500. The number of benzene rings is 4. The van der Waals surface area contributed by atoms with Crippen molar-refractivity contribution >= 4 is 21.8 Å². The number of para-hydroxylation sites is 1. The minimum absolute atomic E-state index is 0.294. The van der Waals surface area contributed by atoms with Crippen LogP contribution < -0.4 is 4.74 Å². The van der Waals surface area contributed by atoms with Gasteiger partial charge in [0.15, 0.2) is 0 Å². The van der Waals surface area contributed by atoms with Crippen LogP contribution in [0.3, 0.4) is 0 Å². The molecular weight excluding hydrogens is 661 g/mol. The average molecular weight is 713 g/mol. The third-order valence-electron chi connectivity index (χ3n) is 11.2. The molecule has 8 rings (SSSR count). The van der Waals surface area contributed by atoms with Gasteiger partial charge in [-0.15, -0.1) is 0 Å². The van der Waals surface area contributed by atoms with Crippen molar-refractivity contribution in [2.24, 2.45) is 17.8 Å². The smallest absolute Gasteiger partial charge is 0.137 e. The highest BCUT2D eigenvalue weighted by Crippen LogP contribution is 2.46. The summed E-state index contributed by atoms with van der Waals surface area (Å²) < 4.78 is 11.3. The Hall–Kier alpha value is -5.42. The van der Waals surface area contributed by atoms with Crippen molar-refractivity contribution in [3.63, 3.8) is 0 Å². The maximum atomic E-state index is 6.86. The monoisotopic (exact) mass is 712 g/mol. The quantitative estimate of drug-likeness (QED) is 0.140. The van der Waals surface area contributed by atoms with E-state index in [0.29, 0.717) is 29.6 Å². The summed E-state index contributed by atoms with van der Waals surface area (Å²) in [5.74, 6) is 4.76. The number of aryl methyl sites for hydroxylation is 1. The number of nitrogens with zero attached hydrogens (tertiary/aromatic N) is 4. The molecule has 0 fully saturated rings. The minimum Gasteiger partial charge on any atom is -0.457 e. The first kappa shape index (κ1) is 35.6. The van der Waals surface area contributed by atoms with Gasteiger partial charge in [-0.05, 0) is 104 Å². The number of allylic oxidation sites excluding steroid dienone is 2. The third kappa shape index (κ3) is 6.66. The number of rotatable bonds is 9. The zero-order chi connectivity index (χ0) is 37.7. The molecule has 274 valence electrons. The zero-order valence-corrected chi connectivity index (χ0v) is 33.0. The van der Waals surface area contributed by atoms with E-state index in [0.717, 1.165) is 51.8 Å². The van der Waals surface area contributed by atoms with Crippen LogP contribution >= 0.6 is 0 Å². The van der Waals surface area contributed by atoms with Gasteiger partial charge in [0, 0.05) is 46.1 Å². The van der Waals surface area contributed by atoms with Gasteiger partial charge >= 0.3 is 0 Å². The molecule has 0 radical (unpaired) electrons. The summed E-state index contributed by atoms with van der Waals surface area (Å²) in [7, 11) is 0. The largest absolute Gasteiger partial charge is 0.457 e. The Morgan fingerprint density at radius 1 is 0.778 bits per heavy atom. The normalized spacial score (nSPS) is 17.5. The fourth-order valence-corrected chi connectivity index (χ4v) is 8.97. The Kier molecular flexibility index (Phi) is 9.51. The van der Waals surface area contributed by atoms with Crippen LogP contribution in [0.2, 0.25) is 0 Å². The summed E-state index contributed by atoms with van der Waals surface area (Å²) >= 11 is 0. The summed E-state index contributed by atoms with van der Waals surface area (Å²) in [6.07, 6.45) is 6.58. The number of hydrogen-bond acceptors (Lipinski definition) is 3. The summed E-state index contributed by atoms with van der Waals surface area (Å²) in [5, 5.41) is 7.70. The van der Waals surface area contributed by atoms with E-state index in [-0.39, 0.29) is 0 Å². The molecule has 5 heteroatoms. The molecule has 5 nitrogen and oxygen atoms in total. The highest BCUT2D eigenvalue weighted by Gasteiger charge is 2.33. The van der Waals surface area contributed by atoms with Crippen molar-refractivity contribution in [1.29, 1.82) is 0 Å². The maximum Gasteiger partial charge on any atom is 0.137 e. The lowest BCUT2D eigenvalue weighted by Crippen LogP contribution is -2.20. The highest BCUT2D eigenvalue weighted by atomic mass is 16.5. The van der Waals surface area contributed by atoms with Crippen molar-refractivity contribution < 1.29 is 4.74 Å². The van der Waals surface area contributed by atoms with Crippen LogP contribution in [0.15, 0.2) is 121 Å². The topological polar surface area (TPSA) is 44.9 Å². The molecule has 3 atom stereocenters. The molecule has 1 aliphatic carbocycles. The lowest BCUT2D eigenvalue weighted by molar-refractivity contribution is 0.391. The zero-order valence-electron chi connectivity index (χ0n) is 33.0. The molecule has 0 spiro atoms. The average Bonchev–Trinajstić information content (AvgIpc) is 3.65. The van der Waals surface area contributed by atoms with E-state index in [1.165, 1.54) is 45.0 Å². The van der Waals surface area contributed by atoms with Crippen molar-refractivity contribution in [3.8, 4) is 34.3 Å². The Labute approximate surface area is 320 Å². The first-order chi connectivity index (χ1) is 26.0. The lowest BCUT2D eigenvalue weighted by Gasteiger charge is -2.32. The number of fused-ring (bicyclic) bond motifs is 3. The van der Waals surface area contributed by atoms with E-state index in [2.05, 4.69) is 174 Å². The SMILES string of the molecule is CC1=C[C@H](C)C[C@H](C)C1c1c(C)nn(-c2cc(Oc3ccc4c5ccccc5n(-c5cc(CC(C)C)ccn5)c4c3)cc(C(C)C)c2)c1-c1ccccc1. The van der Waals surface area contributed by atoms with Crippen molar-refractivity contribution in [2.75, 3.05) is 0 Å². The summed E-state index contributed by atoms with van der Waals surface area (Å²) in [4.78, 5) is 4.88. The fourth-order valence-electron chi connectivity index (χ4n) is 8.97. The Morgan fingerprint density at radius 3 is 2.30 bits per heavy atom. The third-order valence-corrected chi connectivity index (χ3v) is 11.2. The molecule has 0 aliphatic heterocycles. The van der Waals surface area contributed by atoms with Crippen molar-refractivity contribution in [3.05, 3.63) is 143 Å². The first-order valence-electron chi connectivity index (χ1n) is 19.7. The Morgan fingerprint density at radius 2 is 1.54 bits per heavy atom. The van der Waals surface area contributed by atoms with Gasteiger partial charge in [0.05, 0.1) is 28.1 Å². The van der Waals surface area contributed by atoms with Gasteiger partial charge in [0.2, 0.25) is 0 Å². The van der Waals surface area contributed by atoms with E-state index in [1.54, 1.807) is 0 Å². The number of hydrogen-bond donors (Lipinski definition) is 0. The van der Waals surface area contributed by atoms with Crippen molar-refractivity contribution in [1.82, 2.24) is 19.3 Å². The second-order valence-electron chi connectivity index (χ2n) is 16.4. The van der Waals surface area contributed by atoms with E-state index in [1.807, 2.05) is 6.20 Å². The molecule has 4 aromatic carbocycles. The summed E-state index contributed by atoms with van der Waals surface area (Å²) in [6.45, 7) is 18.2. The fraction of sp³-hybridized carbons (Fsp3) is 0.306. The lowest BCUT2D eigenvalue weighted by atomic mass is 9.72. The predicted octanol–water partition coefficient (Wildman–Crippen LogP) is 13.2. The van der Waals surface area contributed by atoms with Gasteiger partial charge in [0.1, 0.15) is 17.3 Å². The number of aromatic nitrogens is 4. The van der Waals surface area contributed by atoms with Crippen LogP contribution in [0.4, 0.5) is 0 Å². The van der Waals surface area contributed by atoms with Crippen LogP contribution in [-0.4, -0.2) is 19.3 Å². The van der Waals surface area contributed by atoms with Gasteiger partial charge < -0.3 is 4.74 Å². The standard InChI is InChI=1S/C49H52N4O/c1-30(2)22-36-20-21-50-46(25-36)52-44-17-13-12-16-42(44)43-19-18-40(29-45(43)52)54-41-27-38(31(3)4)26-39(28-41)53-49(37-14-10-9-11-15-37)48(35(8)51-53)47-33(6)23-32(5)24-34(47)7/h9-21,23,25-32,34,47H,22,24H2,1-8H3/t32-,34-,47?/m0/s1.